The zero-order chi connectivity index (χ0) is 56.4. The van der Waals surface area contributed by atoms with Gasteiger partial charge in [0.25, 0.3) is 0 Å². The number of hydrogen-bond acceptors (Lipinski definition) is 19. The fraction of sp³-hybridized carbons (Fsp3) is 0.433. The van der Waals surface area contributed by atoms with Crippen LogP contribution in [-0.4, -0.2) is 167 Å². The number of anilines is 2. The number of aromatic nitrogens is 8. The monoisotopic (exact) mass is 1110 g/mol. The maximum absolute atomic E-state index is 10.9. The Labute approximate surface area is 471 Å². The second-order valence-corrected chi connectivity index (χ2v) is 21.1. The van der Waals surface area contributed by atoms with E-state index in [1.807, 2.05) is 48.5 Å². The molecular formula is C60H75N13O8. The van der Waals surface area contributed by atoms with E-state index in [9.17, 15) is 20.4 Å². The molecule has 81 heavy (non-hydrogen) atoms. The number of hydrogen-bond donors (Lipinski definition) is 8. The van der Waals surface area contributed by atoms with Gasteiger partial charge in [-0.3, -0.25) is 9.13 Å². The van der Waals surface area contributed by atoms with Gasteiger partial charge in [0, 0.05) is 51.2 Å². The lowest BCUT2D eigenvalue weighted by Gasteiger charge is -2.34. The second-order valence-electron chi connectivity index (χ2n) is 21.1. The lowest BCUT2D eigenvalue weighted by atomic mass is 9.91. The Balaban J connectivity index is 0.000000186. The van der Waals surface area contributed by atoms with Crippen LogP contribution in [0, 0.1) is 0 Å². The third kappa shape index (κ3) is 13.1. The molecule has 428 valence electrons. The van der Waals surface area contributed by atoms with E-state index in [0.717, 1.165) is 25.9 Å². The normalized spacial score (nSPS) is 22.5. The van der Waals surface area contributed by atoms with Gasteiger partial charge in [-0.05, 0) is 62.0 Å². The molecule has 0 amide bonds. The zero-order valence-corrected chi connectivity index (χ0v) is 46.2. The van der Waals surface area contributed by atoms with E-state index in [4.69, 9.17) is 34.6 Å². The number of ether oxygens (including phenoxy) is 4. The summed E-state index contributed by atoms with van der Waals surface area (Å²) in [5, 5.41) is 53.3. The predicted molar refractivity (Wildman–Crippen MR) is 307 cm³/mol. The number of rotatable bonds is 21. The quantitative estimate of drug-likeness (QED) is 0.0465. The number of imidazole rings is 2. The van der Waals surface area contributed by atoms with Gasteiger partial charge in [-0.15, -0.1) is 0 Å². The highest BCUT2D eigenvalue weighted by Gasteiger charge is 2.46. The van der Waals surface area contributed by atoms with Crippen LogP contribution in [0.4, 0.5) is 11.6 Å². The summed E-state index contributed by atoms with van der Waals surface area (Å²) in [6.45, 7) is 8.70. The average Bonchev–Trinajstić information content (AvgIpc) is 4.36. The molecule has 3 aliphatic rings. The van der Waals surface area contributed by atoms with E-state index in [2.05, 4.69) is 127 Å². The molecule has 11 rings (SSSR count). The Morgan fingerprint density at radius 1 is 0.568 bits per heavy atom. The van der Waals surface area contributed by atoms with Crippen molar-refractivity contribution in [2.24, 2.45) is 5.73 Å². The van der Waals surface area contributed by atoms with Crippen LogP contribution in [0.5, 0.6) is 0 Å². The number of aliphatic hydroxyl groups is 4. The van der Waals surface area contributed by atoms with Gasteiger partial charge in [-0.2, -0.15) is 0 Å². The van der Waals surface area contributed by atoms with E-state index in [0.29, 0.717) is 77.3 Å². The first-order valence-electron chi connectivity index (χ1n) is 27.9. The minimum absolute atomic E-state index is 0.0748. The fourth-order valence-electron chi connectivity index (χ4n) is 11.1. The molecule has 0 saturated carbocycles. The first-order chi connectivity index (χ1) is 39.5. The van der Waals surface area contributed by atoms with Crippen LogP contribution in [0.1, 0.15) is 84.9 Å². The summed E-state index contributed by atoms with van der Waals surface area (Å²) in [6.07, 6.45) is -2.33. The minimum atomic E-state index is -1.17. The lowest BCUT2D eigenvalue weighted by Crippen LogP contribution is -2.44. The van der Waals surface area contributed by atoms with E-state index >= 15 is 0 Å². The molecular weight excluding hydrogens is 1030 g/mol. The number of aliphatic hydroxyl groups excluding tert-OH is 4. The number of benzene rings is 4. The molecule has 3 fully saturated rings. The molecule has 8 atom stereocenters. The average molecular weight is 1110 g/mol. The Bertz CT molecular complexity index is 3150. The highest BCUT2D eigenvalue weighted by Crippen LogP contribution is 2.36. The number of nitrogens with one attached hydrogen (secondary N) is 3. The molecule has 0 unspecified atom stereocenters. The molecule has 0 radical (unpaired) electrons. The van der Waals surface area contributed by atoms with Gasteiger partial charge in [-0.1, -0.05) is 121 Å². The summed E-state index contributed by atoms with van der Waals surface area (Å²) in [6, 6.07) is 42.3. The number of nitrogens with two attached hydrogens (primary N) is 1. The zero-order valence-electron chi connectivity index (χ0n) is 46.2. The number of methoxy groups -OCH3 is 2. The summed E-state index contributed by atoms with van der Waals surface area (Å²) < 4.78 is 25.6. The standard InChI is InChI=1S/C34H45N7O4.C26H30N6O4/c1-22(2)40-16-14-25(15-17-40)35-19-28-38-32(36-18-26(23-10-6-4-7-11-23)24-12-8-5-9-13-24)29-33(39-28)41(21-37-29)34-31(43)30(42)27(45-34)20-44-3;1-35-14-19-22(33)23(34)26(36-19)32-15-29-21-24(30-20(12-27)31-25(21)32)28-13-18(16-8-4-2-5-9-16)17-10-6-3-7-11-17/h4-13,21-22,25-27,30-31,34-35,42-43H,14-20H2,1-3H3,(H,36,38,39);2-11,15,18-19,22-23,26,33-34H,12-14,27H2,1H3,(H,28,30,31)/t27-,30-,31-,34-;19-,22-,23-,26-/m11/s1. The van der Waals surface area contributed by atoms with Crippen LogP contribution in [-0.2, 0) is 32.0 Å². The first-order valence-corrected chi connectivity index (χ1v) is 27.9. The number of likely N-dealkylation sites (tertiary alicyclic amines) is 1. The van der Waals surface area contributed by atoms with Crippen molar-refractivity contribution in [2.45, 2.75) is 113 Å². The summed E-state index contributed by atoms with van der Waals surface area (Å²) in [4.78, 5) is 30.7. The maximum atomic E-state index is 10.9. The van der Waals surface area contributed by atoms with E-state index in [1.54, 1.807) is 15.5 Å². The van der Waals surface area contributed by atoms with Gasteiger partial charge in [0.2, 0.25) is 0 Å². The van der Waals surface area contributed by atoms with Crippen LogP contribution < -0.4 is 21.7 Å². The predicted octanol–water partition coefficient (Wildman–Crippen LogP) is 5.09. The highest BCUT2D eigenvalue weighted by atomic mass is 16.6. The second kappa shape index (κ2) is 26.8. The van der Waals surface area contributed by atoms with Gasteiger partial charge < -0.3 is 66.0 Å². The van der Waals surface area contributed by atoms with E-state index in [-0.39, 0.29) is 31.6 Å². The van der Waals surface area contributed by atoms with Crippen LogP contribution >= 0.6 is 0 Å². The van der Waals surface area contributed by atoms with Crippen LogP contribution in [0.3, 0.4) is 0 Å². The van der Waals surface area contributed by atoms with Crippen molar-refractivity contribution < 1.29 is 39.4 Å². The van der Waals surface area contributed by atoms with Crippen molar-refractivity contribution in [2.75, 3.05) is 64.2 Å². The molecule has 4 aromatic heterocycles. The van der Waals surface area contributed by atoms with Crippen molar-refractivity contribution in [1.82, 2.24) is 49.3 Å². The highest BCUT2D eigenvalue weighted by molar-refractivity contribution is 5.84. The molecule has 0 aliphatic carbocycles. The summed E-state index contributed by atoms with van der Waals surface area (Å²) in [5.74, 6) is 2.35. The van der Waals surface area contributed by atoms with Gasteiger partial charge in [0.15, 0.2) is 46.4 Å². The molecule has 7 heterocycles. The maximum Gasteiger partial charge on any atom is 0.168 e. The number of nitrogens with zero attached hydrogens (tertiary/aromatic N) is 9. The minimum Gasteiger partial charge on any atom is -0.387 e. The third-order valence-electron chi connectivity index (χ3n) is 15.6. The Morgan fingerprint density at radius 2 is 0.963 bits per heavy atom. The molecule has 9 N–H and O–H groups in total. The van der Waals surface area contributed by atoms with Crippen molar-refractivity contribution >= 4 is 34.0 Å². The van der Waals surface area contributed by atoms with Crippen molar-refractivity contribution in [3.63, 3.8) is 0 Å². The van der Waals surface area contributed by atoms with Gasteiger partial charge in [0.05, 0.1) is 39.0 Å². The lowest BCUT2D eigenvalue weighted by molar-refractivity contribution is -0.0580. The number of fused-ring (bicyclic) bond motifs is 2. The molecule has 3 saturated heterocycles. The van der Waals surface area contributed by atoms with Crippen LogP contribution in [0.2, 0.25) is 0 Å². The van der Waals surface area contributed by atoms with E-state index in [1.165, 1.54) is 42.8 Å². The topological polar surface area (TPSA) is 270 Å². The van der Waals surface area contributed by atoms with Gasteiger partial charge >= 0.3 is 0 Å². The Hall–Kier alpha value is -6.86. The Kier molecular flexibility index (Phi) is 19.0. The van der Waals surface area contributed by atoms with Gasteiger partial charge in [-0.25, -0.2) is 29.9 Å². The molecule has 21 nitrogen and oxygen atoms in total. The molecule has 21 heteroatoms. The molecule has 0 spiro atoms. The van der Waals surface area contributed by atoms with Crippen molar-refractivity contribution in [3.05, 3.63) is 168 Å². The van der Waals surface area contributed by atoms with E-state index < -0.39 is 49.1 Å². The summed E-state index contributed by atoms with van der Waals surface area (Å²) >= 11 is 0. The van der Waals surface area contributed by atoms with Crippen molar-refractivity contribution in [1.29, 1.82) is 0 Å². The molecule has 4 aromatic carbocycles. The third-order valence-corrected chi connectivity index (χ3v) is 15.6. The summed E-state index contributed by atoms with van der Waals surface area (Å²) in [7, 11) is 3.05. The fourth-order valence-corrected chi connectivity index (χ4v) is 11.1. The smallest absolute Gasteiger partial charge is 0.168 e. The number of piperidine rings is 1. The summed E-state index contributed by atoms with van der Waals surface area (Å²) in [5.41, 5.74) is 12.7. The largest absolute Gasteiger partial charge is 0.387 e. The Morgan fingerprint density at radius 3 is 1.35 bits per heavy atom. The molecule has 8 aromatic rings. The SMILES string of the molecule is COC[C@H]1O[C@@H](n2cnc3c(NCC(c4ccccc4)c4ccccc4)nc(CN)nc32)[C@H](O)[C@@H]1O.COC[C@H]1O[C@@H](n2cnc3c(NCC(c4ccccc4)c4ccccc4)nc(CNC4CCN(C(C)C)CC4)nc32)[C@H](O)[C@@H]1O. The van der Waals surface area contributed by atoms with Crippen LogP contribution in [0.15, 0.2) is 134 Å². The van der Waals surface area contributed by atoms with Crippen LogP contribution in [0.25, 0.3) is 22.3 Å². The molecule has 0 bridgehead atoms. The van der Waals surface area contributed by atoms with Crippen molar-refractivity contribution in [3.8, 4) is 0 Å². The first kappa shape index (κ1) is 57.4. The molecule has 3 aliphatic heterocycles. The van der Waals surface area contributed by atoms with Gasteiger partial charge in [0.1, 0.15) is 48.3 Å².